The van der Waals surface area contributed by atoms with Gasteiger partial charge in [0, 0.05) is 6.54 Å². The molecule has 18 heavy (non-hydrogen) atoms. The number of nitrogens with zero attached hydrogens (tertiary/aromatic N) is 2. The SMILES string of the molecule is CCCn1ncc(NC(C)(C)C(C)O)c(Cl)c1=O. The fourth-order valence-electron chi connectivity index (χ4n) is 1.37. The van der Waals surface area contributed by atoms with Crippen molar-refractivity contribution in [2.45, 2.75) is 52.3 Å². The van der Waals surface area contributed by atoms with Gasteiger partial charge in [-0.25, -0.2) is 4.68 Å². The highest BCUT2D eigenvalue weighted by atomic mass is 35.5. The van der Waals surface area contributed by atoms with E-state index in [0.717, 1.165) is 6.42 Å². The molecule has 1 unspecified atom stereocenters. The Kier molecular flexibility index (Phi) is 4.76. The van der Waals surface area contributed by atoms with Crippen molar-refractivity contribution >= 4 is 17.3 Å². The lowest BCUT2D eigenvalue weighted by Crippen LogP contribution is -2.42. The van der Waals surface area contributed by atoms with Gasteiger partial charge in [-0.3, -0.25) is 4.79 Å². The molecule has 2 N–H and O–H groups in total. The van der Waals surface area contributed by atoms with Crippen molar-refractivity contribution in [1.82, 2.24) is 9.78 Å². The fraction of sp³-hybridized carbons (Fsp3) is 0.667. The van der Waals surface area contributed by atoms with Gasteiger partial charge in [-0.2, -0.15) is 5.10 Å². The standard InChI is InChI=1S/C12H20ClN3O2/c1-5-6-16-11(18)10(13)9(7-14-16)15-12(3,4)8(2)17/h7-8,15,17H,5-6H2,1-4H3. The van der Waals surface area contributed by atoms with E-state index in [9.17, 15) is 9.90 Å². The summed E-state index contributed by atoms with van der Waals surface area (Å²) in [7, 11) is 0. The average molecular weight is 274 g/mol. The van der Waals surface area contributed by atoms with E-state index in [0.29, 0.717) is 12.2 Å². The van der Waals surface area contributed by atoms with Gasteiger partial charge < -0.3 is 10.4 Å². The normalized spacial score (nSPS) is 13.4. The summed E-state index contributed by atoms with van der Waals surface area (Å²) in [5, 5.41) is 16.8. The molecule has 0 saturated carbocycles. The van der Waals surface area contributed by atoms with Crippen molar-refractivity contribution in [3.8, 4) is 0 Å². The van der Waals surface area contributed by atoms with Crippen molar-refractivity contribution in [1.29, 1.82) is 0 Å². The highest BCUT2D eigenvalue weighted by Gasteiger charge is 2.25. The Morgan fingerprint density at radius 2 is 2.22 bits per heavy atom. The van der Waals surface area contributed by atoms with Gasteiger partial charge in [0.2, 0.25) is 0 Å². The van der Waals surface area contributed by atoms with Crippen LogP contribution >= 0.6 is 11.6 Å². The molecule has 5 nitrogen and oxygen atoms in total. The minimum atomic E-state index is -0.591. The molecule has 0 aliphatic rings. The minimum absolute atomic E-state index is 0.104. The van der Waals surface area contributed by atoms with Gasteiger partial charge in [0.15, 0.2) is 0 Å². The number of hydrogen-bond donors (Lipinski definition) is 2. The third kappa shape index (κ3) is 3.23. The zero-order valence-corrected chi connectivity index (χ0v) is 12.0. The summed E-state index contributed by atoms with van der Waals surface area (Å²) in [6.07, 6.45) is 1.74. The number of halogens is 1. The lowest BCUT2D eigenvalue weighted by Gasteiger charge is -2.30. The van der Waals surface area contributed by atoms with Gasteiger partial charge >= 0.3 is 0 Å². The molecule has 1 rings (SSSR count). The maximum atomic E-state index is 11.9. The van der Waals surface area contributed by atoms with Gasteiger partial charge in [0.1, 0.15) is 5.02 Å². The molecule has 1 heterocycles. The Morgan fingerprint density at radius 1 is 1.61 bits per heavy atom. The molecule has 0 aliphatic carbocycles. The zero-order chi connectivity index (χ0) is 13.9. The predicted octanol–water partition coefficient (Wildman–Crippen LogP) is 1.88. The number of aromatic nitrogens is 2. The Bertz CT molecular complexity index is 469. The third-order valence-corrected chi connectivity index (χ3v) is 3.29. The Hall–Kier alpha value is -1.07. The van der Waals surface area contributed by atoms with Crippen LogP contribution < -0.4 is 10.9 Å². The first-order chi connectivity index (χ1) is 8.29. The molecule has 1 atom stereocenters. The first-order valence-corrected chi connectivity index (χ1v) is 6.39. The van der Waals surface area contributed by atoms with E-state index in [2.05, 4.69) is 10.4 Å². The van der Waals surface area contributed by atoms with Crippen LogP contribution in [0.2, 0.25) is 5.02 Å². The molecular formula is C12H20ClN3O2. The van der Waals surface area contributed by atoms with Crippen LogP contribution in [-0.2, 0) is 6.54 Å². The zero-order valence-electron chi connectivity index (χ0n) is 11.2. The van der Waals surface area contributed by atoms with Gasteiger partial charge in [-0.1, -0.05) is 18.5 Å². The lowest BCUT2D eigenvalue weighted by atomic mass is 9.98. The Labute approximate surface area is 112 Å². The highest BCUT2D eigenvalue weighted by Crippen LogP contribution is 2.22. The topological polar surface area (TPSA) is 67.2 Å². The predicted molar refractivity (Wildman–Crippen MR) is 73.2 cm³/mol. The smallest absolute Gasteiger partial charge is 0.287 e. The van der Waals surface area contributed by atoms with Crippen molar-refractivity contribution in [3.05, 3.63) is 21.6 Å². The van der Waals surface area contributed by atoms with Crippen molar-refractivity contribution in [2.75, 3.05) is 5.32 Å². The van der Waals surface area contributed by atoms with Crippen LogP contribution in [0.3, 0.4) is 0 Å². The minimum Gasteiger partial charge on any atom is -0.391 e. The lowest BCUT2D eigenvalue weighted by molar-refractivity contribution is 0.133. The molecule has 0 fully saturated rings. The summed E-state index contributed by atoms with van der Waals surface area (Å²) in [6.45, 7) is 7.83. The van der Waals surface area contributed by atoms with Crippen molar-refractivity contribution in [2.24, 2.45) is 0 Å². The molecule has 0 saturated heterocycles. The number of aryl methyl sites for hydroxylation is 1. The molecule has 1 aromatic heterocycles. The summed E-state index contributed by atoms with van der Waals surface area (Å²) < 4.78 is 1.34. The van der Waals surface area contributed by atoms with E-state index < -0.39 is 11.6 Å². The quantitative estimate of drug-likeness (QED) is 0.860. The van der Waals surface area contributed by atoms with Gasteiger partial charge in [-0.05, 0) is 27.2 Å². The second-order valence-corrected chi connectivity index (χ2v) is 5.30. The molecule has 0 bridgehead atoms. The molecule has 0 radical (unpaired) electrons. The average Bonchev–Trinajstić information content (AvgIpc) is 2.28. The van der Waals surface area contributed by atoms with Gasteiger partial charge in [-0.15, -0.1) is 0 Å². The van der Waals surface area contributed by atoms with E-state index in [1.807, 2.05) is 20.8 Å². The summed E-state index contributed by atoms with van der Waals surface area (Å²) >= 11 is 6.03. The monoisotopic (exact) mass is 273 g/mol. The van der Waals surface area contributed by atoms with Crippen LogP contribution in [0.15, 0.2) is 11.0 Å². The van der Waals surface area contributed by atoms with Crippen LogP contribution in [0, 0.1) is 0 Å². The summed E-state index contributed by atoms with van der Waals surface area (Å²) in [5.41, 5.74) is -0.459. The number of aliphatic hydroxyl groups excluding tert-OH is 1. The number of rotatable bonds is 5. The van der Waals surface area contributed by atoms with E-state index in [4.69, 9.17) is 11.6 Å². The molecule has 0 aliphatic heterocycles. The van der Waals surface area contributed by atoms with Crippen LogP contribution in [0.4, 0.5) is 5.69 Å². The summed E-state index contributed by atoms with van der Waals surface area (Å²) in [4.78, 5) is 11.9. The first-order valence-electron chi connectivity index (χ1n) is 6.01. The maximum Gasteiger partial charge on any atom is 0.287 e. The van der Waals surface area contributed by atoms with Crippen LogP contribution in [0.1, 0.15) is 34.1 Å². The fourth-order valence-corrected chi connectivity index (χ4v) is 1.57. The molecule has 0 spiro atoms. The Morgan fingerprint density at radius 3 is 2.72 bits per heavy atom. The van der Waals surface area contributed by atoms with Crippen molar-refractivity contribution < 1.29 is 5.11 Å². The molecule has 1 aromatic rings. The van der Waals surface area contributed by atoms with Gasteiger partial charge in [0.05, 0.1) is 23.5 Å². The second kappa shape index (κ2) is 5.71. The molecular weight excluding hydrogens is 254 g/mol. The van der Waals surface area contributed by atoms with Gasteiger partial charge in [0.25, 0.3) is 5.56 Å². The van der Waals surface area contributed by atoms with Crippen LogP contribution in [-0.4, -0.2) is 26.5 Å². The summed E-state index contributed by atoms with van der Waals surface area (Å²) in [5.74, 6) is 0. The largest absolute Gasteiger partial charge is 0.391 e. The summed E-state index contributed by atoms with van der Waals surface area (Å²) in [6, 6.07) is 0. The first kappa shape index (κ1) is 15.0. The second-order valence-electron chi connectivity index (χ2n) is 4.92. The molecule has 6 heteroatoms. The highest BCUT2D eigenvalue weighted by molar-refractivity contribution is 6.32. The third-order valence-electron chi connectivity index (χ3n) is 2.92. The molecule has 102 valence electrons. The number of nitrogens with one attached hydrogen (secondary N) is 1. The van der Waals surface area contributed by atoms with E-state index >= 15 is 0 Å². The van der Waals surface area contributed by atoms with E-state index in [-0.39, 0.29) is 10.6 Å². The number of hydrogen-bond acceptors (Lipinski definition) is 4. The van der Waals surface area contributed by atoms with Crippen molar-refractivity contribution in [3.63, 3.8) is 0 Å². The number of aliphatic hydroxyl groups is 1. The van der Waals surface area contributed by atoms with Crippen LogP contribution in [0.25, 0.3) is 0 Å². The maximum absolute atomic E-state index is 11.9. The van der Waals surface area contributed by atoms with E-state index in [1.54, 1.807) is 6.92 Å². The van der Waals surface area contributed by atoms with E-state index in [1.165, 1.54) is 10.9 Å². The number of anilines is 1. The van der Waals surface area contributed by atoms with Crippen LogP contribution in [0.5, 0.6) is 0 Å². The molecule has 0 amide bonds. The molecule has 0 aromatic carbocycles. The Balaban J connectivity index is 3.06.